The second-order valence-electron chi connectivity index (χ2n) is 9.92. The maximum Gasteiger partial charge on any atom is 1.00 e. The molecule has 3 aromatic rings. The summed E-state index contributed by atoms with van der Waals surface area (Å²) < 4.78 is 7.27. The van der Waals surface area contributed by atoms with Crippen LogP contribution in [0.5, 0.6) is 0 Å². The minimum atomic E-state index is -0.994. The van der Waals surface area contributed by atoms with E-state index in [2.05, 4.69) is 10.4 Å². The summed E-state index contributed by atoms with van der Waals surface area (Å²) in [4.78, 5) is 24.0. The van der Waals surface area contributed by atoms with Crippen LogP contribution in [-0.2, 0) is 14.9 Å². The molecule has 7 nitrogen and oxygen atoms in total. The number of carboxylic acid groups (broad SMARTS) is 1. The first kappa shape index (κ1) is 25.5. The van der Waals surface area contributed by atoms with Gasteiger partial charge in [0.15, 0.2) is 0 Å². The van der Waals surface area contributed by atoms with Crippen LogP contribution in [0, 0.1) is 0 Å². The van der Waals surface area contributed by atoms with Crippen molar-refractivity contribution < 1.29 is 49.0 Å². The normalized spacial score (nSPS) is 17.0. The van der Waals surface area contributed by atoms with Crippen LogP contribution in [0.25, 0.3) is 22.3 Å². The molecule has 1 amide bonds. The molecule has 0 bridgehead atoms. The Labute approximate surface area is 237 Å². The van der Waals surface area contributed by atoms with Gasteiger partial charge in [-0.2, -0.15) is 5.10 Å². The van der Waals surface area contributed by atoms with Crippen LogP contribution < -0.4 is 40.0 Å². The number of allylic oxidation sites excluding steroid dienone is 2. The van der Waals surface area contributed by atoms with Gasteiger partial charge in [-0.05, 0) is 60.4 Å². The molecule has 8 heteroatoms. The zero-order valence-corrected chi connectivity index (χ0v) is 23.0. The third-order valence-electron chi connectivity index (χ3n) is 7.21. The first-order chi connectivity index (χ1) is 17.4. The van der Waals surface area contributed by atoms with Gasteiger partial charge < -0.3 is 14.6 Å². The van der Waals surface area contributed by atoms with Crippen molar-refractivity contribution in [3.63, 3.8) is 0 Å². The molecule has 1 heterocycles. The van der Waals surface area contributed by atoms with E-state index >= 15 is 0 Å². The summed E-state index contributed by atoms with van der Waals surface area (Å²) in [5, 5.41) is 19.0. The van der Waals surface area contributed by atoms with E-state index in [-0.39, 0.29) is 36.2 Å². The molecule has 1 aromatic heterocycles. The second-order valence-corrected chi connectivity index (χ2v) is 9.92. The van der Waals surface area contributed by atoms with Gasteiger partial charge in [0.2, 0.25) is 0 Å². The molecule has 0 spiro atoms. The van der Waals surface area contributed by atoms with Gasteiger partial charge in [-0.3, -0.25) is 5.32 Å². The number of anilines is 1. The summed E-state index contributed by atoms with van der Waals surface area (Å²) in [6.45, 7) is 2.25. The van der Waals surface area contributed by atoms with Crippen LogP contribution in [0.2, 0.25) is 0 Å². The molecular formula is C29H26N3NaO4. The van der Waals surface area contributed by atoms with Gasteiger partial charge in [0.05, 0.1) is 18.2 Å². The van der Waals surface area contributed by atoms with Gasteiger partial charge in [0, 0.05) is 11.0 Å². The largest absolute Gasteiger partial charge is 1.00 e. The SMILES string of the molecule is CC1=CC(COC(=O)Nc2c(-c3ccc(-c4ccc(C5(C(=O)[O-])CC5)cc4)cc3)cnn2C2CC2)=C1.[Na+]. The Morgan fingerprint density at radius 2 is 1.62 bits per heavy atom. The van der Waals surface area contributed by atoms with Crippen molar-refractivity contribution in [3.8, 4) is 22.3 Å². The van der Waals surface area contributed by atoms with Gasteiger partial charge >= 0.3 is 35.7 Å². The Morgan fingerprint density at radius 1 is 1.03 bits per heavy atom. The van der Waals surface area contributed by atoms with E-state index in [4.69, 9.17) is 4.74 Å². The molecule has 1 N–H and O–H groups in total. The Hall–Kier alpha value is -3.13. The van der Waals surface area contributed by atoms with Crippen LogP contribution in [0.4, 0.5) is 10.6 Å². The van der Waals surface area contributed by atoms with Gasteiger partial charge in [-0.1, -0.05) is 66.3 Å². The molecule has 0 aliphatic heterocycles. The molecule has 6 rings (SSSR count). The number of benzene rings is 2. The molecule has 0 atom stereocenters. The molecule has 3 aliphatic carbocycles. The summed E-state index contributed by atoms with van der Waals surface area (Å²) in [6, 6.07) is 16.0. The number of nitrogens with zero attached hydrogens (tertiary/aromatic N) is 2. The van der Waals surface area contributed by atoms with Crippen molar-refractivity contribution >= 4 is 17.9 Å². The molecule has 0 unspecified atom stereocenters. The fraction of sp³-hybridized carbons (Fsp3) is 0.276. The van der Waals surface area contributed by atoms with E-state index in [1.165, 1.54) is 5.57 Å². The number of amides is 1. The minimum absolute atomic E-state index is 0. The summed E-state index contributed by atoms with van der Waals surface area (Å²) in [5.74, 6) is -0.349. The predicted molar refractivity (Wildman–Crippen MR) is 134 cm³/mol. The second kappa shape index (κ2) is 9.97. The fourth-order valence-electron chi connectivity index (χ4n) is 4.79. The Balaban J connectivity index is 0.00000280. The average molecular weight is 504 g/mol. The summed E-state index contributed by atoms with van der Waals surface area (Å²) in [5.41, 5.74) is 5.96. The van der Waals surface area contributed by atoms with Crippen molar-refractivity contribution in [2.45, 2.75) is 44.1 Å². The average Bonchev–Trinajstić information content (AvgIpc) is 3.79. The molecule has 2 saturated carbocycles. The molecule has 37 heavy (non-hydrogen) atoms. The van der Waals surface area contributed by atoms with Crippen LogP contribution in [-0.4, -0.2) is 28.4 Å². The third-order valence-corrected chi connectivity index (χ3v) is 7.21. The van der Waals surface area contributed by atoms with E-state index in [0.717, 1.165) is 46.2 Å². The van der Waals surface area contributed by atoms with E-state index in [0.29, 0.717) is 24.7 Å². The van der Waals surface area contributed by atoms with Crippen LogP contribution in [0.3, 0.4) is 0 Å². The third kappa shape index (κ3) is 5.04. The molecule has 2 fully saturated rings. The number of rotatable bonds is 8. The van der Waals surface area contributed by atoms with Gasteiger partial charge in [-0.15, -0.1) is 0 Å². The molecule has 2 aromatic carbocycles. The number of hydrogen-bond acceptors (Lipinski definition) is 5. The molecular weight excluding hydrogens is 477 g/mol. The van der Waals surface area contributed by atoms with Crippen LogP contribution in [0.1, 0.15) is 44.2 Å². The number of nitrogens with one attached hydrogen (secondary N) is 1. The van der Waals surface area contributed by atoms with E-state index in [9.17, 15) is 14.7 Å². The van der Waals surface area contributed by atoms with Gasteiger partial charge in [-0.25, -0.2) is 9.48 Å². The first-order valence-corrected chi connectivity index (χ1v) is 12.3. The standard InChI is InChI=1S/C29H27N3O4.Na/c1-18-14-19(15-18)17-36-28(35)31-26-25(16-30-32(26)24-10-11-24)22-4-2-20(3-5-22)21-6-8-23(9-7-21)29(12-13-29)27(33)34;/h2-9,14-16,24H,10-13,17H2,1H3,(H,31,35)(H,33,34);/q;+1/p-1. The van der Waals surface area contributed by atoms with Gasteiger partial charge in [0.1, 0.15) is 12.4 Å². The monoisotopic (exact) mass is 503 g/mol. The topological polar surface area (TPSA) is 96.3 Å². The number of aromatic nitrogens is 2. The number of carboxylic acids is 1. The smallest absolute Gasteiger partial charge is 0.549 e. The van der Waals surface area contributed by atoms with Crippen molar-refractivity contribution in [3.05, 3.63) is 83.6 Å². The Bertz CT molecular complexity index is 1410. The first-order valence-electron chi connectivity index (χ1n) is 12.3. The van der Waals surface area contributed by atoms with Crippen molar-refractivity contribution in [2.24, 2.45) is 0 Å². The maximum atomic E-state index is 12.5. The van der Waals surface area contributed by atoms with Gasteiger partial charge in [0.25, 0.3) is 0 Å². The summed E-state index contributed by atoms with van der Waals surface area (Å²) in [6.07, 6.45) is 8.62. The molecule has 182 valence electrons. The van der Waals surface area contributed by atoms with E-state index in [1.54, 1.807) is 6.20 Å². The van der Waals surface area contributed by atoms with Crippen molar-refractivity contribution in [1.29, 1.82) is 0 Å². The Kier molecular flexibility index (Phi) is 6.88. The molecule has 3 aliphatic rings. The van der Waals surface area contributed by atoms with Crippen molar-refractivity contribution in [2.75, 3.05) is 11.9 Å². The number of carbonyl (C=O) groups is 2. The van der Waals surface area contributed by atoms with E-state index < -0.39 is 17.5 Å². The fourth-order valence-corrected chi connectivity index (χ4v) is 4.79. The number of hydrogen-bond donors (Lipinski definition) is 1. The zero-order valence-electron chi connectivity index (χ0n) is 21.0. The molecule has 0 radical (unpaired) electrons. The quantitative estimate of drug-likeness (QED) is 0.473. The van der Waals surface area contributed by atoms with Crippen LogP contribution in [0.15, 0.2) is 78.0 Å². The predicted octanol–water partition coefficient (Wildman–Crippen LogP) is 1.77. The van der Waals surface area contributed by atoms with Crippen molar-refractivity contribution in [1.82, 2.24) is 9.78 Å². The Morgan fingerprint density at radius 3 is 2.16 bits per heavy atom. The minimum Gasteiger partial charge on any atom is -0.549 e. The summed E-state index contributed by atoms with van der Waals surface area (Å²) in [7, 11) is 0. The molecule has 0 saturated heterocycles. The number of carbonyl (C=O) groups excluding carboxylic acids is 2. The van der Waals surface area contributed by atoms with E-state index in [1.807, 2.05) is 72.3 Å². The zero-order chi connectivity index (χ0) is 24.9. The number of aliphatic carboxylic acids is 1. The summed E-state index contributed by atoms with van der Waals surface area (Å²) >= 11 is 0. The maximum absolute atomic E-state index is 12.5. The van der Waals surface area contributed by atoms with Crippen LogP contribution >= 0.6 is 0 Å². The number of ether oxygens (including phenoxy) is 1.